The summed E-state index contributed by atoms with van der Waals surface area (Å²) in [5.41, 5.74) is 0.0499. The molecule has 1 aromatic carbocycles. The van der Waals surface area contributed by atoms with Crippen LogP contribution >= 0.6 is 0 Å². The van der Waals surface area contributed by atoms with Gasteiger partial charge in [-0.15, -0.1) is 0 Å². The summed E-state index contributed by atoms with van der Waals surface area (Å²) in [5, 5.41) is 14.6. The number of H-pyrrole nitrogens is 1. The number of nitrogens with zero attached hydrogens (tertiary/aromatic N) is 2. The van der Waals surface area contributed by atoms with Crippen LogP contribution in [0.3, 0.4) is 0 Å². The van der Waals surface area contributed by atoms with Gasteiger partial charge < -0.3 is 10.1 Å². The first-order valence-corrected chi connectivity index (χ1v) is 6.58. The maximum absolute atomic E-state index is 12.4. The monoisotopic (exact) mass is 285 g/mol. The number of nitrogens with one attached hydrogen (secondary N) is 1. The highest BCUT2D eigenvalue weighted by Gasteiger charge is 2.25. The molecule has 2 N–H and O–H groups in total. The summed E-state index contributed by atoms with van der Waals surface area (Å²) in [6.07, 6.45) is 0. The average Bonchev–Trinajstić information content (AvgIpc) is 2.73. The molecule has 0 saturated carbocycles. The molecule has 2 aromatic heterocycles. The normalized spacial score (nSPS) is 12.1. The van der Waals surface area contributed by atoms with Gasteiger partial charge in [-0.25, -0.2) is 9.48 Å². The summed E-state index contributed by atoms with van der Waals surface area (Å²) in [5.74, 6) is -1.25. The molecule has 0 bridgehead atoms. The van der Waals surface area contributed by atoms with Gasteiger partial charge in [-0.1, -0.05) is 18.2 Å². The second kappa shape index (κ2) is 4.18. The van der Waals surface area contributed by atoms with E-state index in [-0.39, 0.29) is 11.1 Å². The predicted molar refractivity (Wildman–Crippen MR) is 79.8 cm³/mol. The SMILES string of the molecule is CC(C)(C)n1nc2c([nH]c3ccccc32)c(C(=O)O)c1=O. The number of aromatic amines is 1. The van der Waals surface area contributed by atoms with Crippen LogP contribution in [-0.4, -0.2) is 25.8 Å². The van der Waals surface area contributed by atoms with Crippen LogP contribution in [0.1, 0.15) is 31.1 Å². The third-order valence-corrected chi connectivity index (χ3v) is 3.38. The Labute approximate surface area is 120 Å². The Morgan fingerprint density at radius 3 is 2.57 bits per heavy atom. The van der Waals surface area contributed by atoms with Crippen molar-refractivity contribution < 1.29 is 9.90 Å². The van der Waals surface area contributed by atoms with Gasteiger partial charge in [0.1, 0.15) is 5.52 Å². The third-order valence-electron chi connectivity index (χ3n) is 3.38. The maximum atomic E-state index is 12.4. The standard InChI is InChI=1S/C15H15N3O3/c1-15(2,3)18-13(19)10(14(20)21)12-11(17-18)8-6-4-5-7-9(8)16-12/h4-7,16H,1-3H3,(H,20,21). The van der Waals surface area contributed by atoms with Crippen molar-refractivity contribution >= 4 is 27.9 Å². The van der Waals surface area contributed by atoms with E-state index in [9.17, 15) is 14.7 Å². The zero-order valence-corrected chi connectivity index (χ0v) is 12.0. The van der Waals surface area contributed by atoms with E-state index in [0.717, 1.165) is 10.9 Å². The maximum Gasteiger partial charge on any atom is 0.343 e. The van der Waals surface area contributed by atoms with Gasteiger partial charge in [-0.2, -0.15) is 5.10 Å². The fourth-order valence-corrected chi connectivity index (χ4v) is 2.42. The van der Waals surface area contributed by atoms with Crippen LogP contribution < -0.4 is 5.56 Å². The molecule has 6 nitrogen and oxygen atoms in total. The van der Waals surface area contributed by atoms with Crippen LogP contribution in [-0.2, 0) is 5.54 Å². The molecule has 0 radical (unpaired) electrons. The molecule has 0 unspecified atom stereocenters. The summed E-state index contributed by atoms with van der Waals surface area (Å²) < 4.78 is 1.24. The first-order valence-electron chi connectivity index (χ1n) is 6.58. The molecule has 0 aliphatic carbocycles. The molecule has 3 rings (SSSR count). The lowest BCUT2D eigenvalue weighted by Gasteiger charge is -2.21. The van der Waals surface area contributed by atoms with Crippen molar-refractivity contribution in [2.75, 3.05) is 0 Å². The van der Waals surface area contributed by atoms with Gasteiger partial charge in [0.25, 0.3) is 5.56 Å². The Bertz CT molecular complexity index is 929. The number of hydrogen-bond acceptors (Lipinski definition) is 3. The first-order chi connectivity index (χ1) is 9.80. The second-order valence-electron chi connectivity index (χ2n) is 5.96. The van der Waals surface area contributed by atoms with Gasteiger partial charge in [0, 0.05) is 10.9 Å². The number of carbonyl (C=O) groups is 1. The summed E-state index contributed by atoms with van der Waals surface area (Å²) in [7, 11) is 0. The van der Waals surface area contributed by atoms with Crippen molar-refractivity contribution in [3.8, 4) is 0 Å². The van der Waals surface area contributed by atoms with Crippen molar-refractivity contribution in [1.29, 1.82) is 0 Å². The van der Waals surface area contributed by atoms with Crippen molar-refractivity contribution in [3.05, 3.63) is 40.2 Å². The minimum atomic E-state index is -1.25. The van der Waals surface area contributed by atoms with E-state index in [4.69, 9.17) is 0 Å². The molecular weight excluding hydrogens is 270 g/mol. The zero-order chi connectivity index (χ0) is 15.4. The summed E-state index contributed by atoms with van der Waals surface area (Å²) in [6, 6.07) is 7.37. The van der Waals surface area contributed by atoms with Gasteiger partial charge in [0.05, 0.1) is 11.1 Å². The van der Waals surface area contributed by atoms with Crippen molar-refractivity contribution in [2.24, 2.45) is 0 Å². The molecule has 0 saturated heterocycles. The van der Waals surface area contributed by atoms with E-state index >= 15 is 0 Å². The van der Waals surface area contributed by atoms with Gasteiger partial charge in [-0.3, -0.25) is 4.79 Å². The number of benzene rings is 1. The van der Waals surface area contributed by atoms with Crippen molar-refractivity contribution in [2.45, 2.75) is 26.3 Å². The summed E-state index contributed by atoms with van der Waals surface area (Å²) in [4.78, 5) is 27.0. The van der Waals surface area contributed by atoms with E-state index in [1.165, 1.54) is 4.68 Å². The van der Waals surface area contributed by atoms with E-state index in [2.05, 4.69) is 10.1 Å². The molecule has 108 valence electrons. The lowest BCUT2D eigenvalue weighted by molar-refractivity contribution is 0.0695. The quantitative estimate of drug-likeness (QED) is 0.718. The highest BCUT2D eigenvalue weighted by Crippen LogP contribution is 2.25. The fraction of sp³-hybridized carbons (Fsp3) is 0.267. The van der Waals surface area contributed by atoms with Gasteiger partial charge >= 0.3 is 5.97 Å². The molecule has 0 spiro atoms. The number of rotatable bonds is 1. The first kappa shape index (κ1) is 13.4. The number of aromatic nitrogens is 3. The molecule has 21 heavy (non-hydrogen) atoms. The molecule has 6 heteroatoms. The highest BCUT2D eigenvalue weighted by molar-refractivity contribution is 6.11. The summed E-state index contributed by atoms with van der Waals surface area (Å²) >= 11 is 0. The number of carboxylic acid groups (broad SMARTS) is 1. The lowest BCUT2D eigenvalue weighted by atomic mass is 10.1. The third kappa shape index (κ3) is 1.91. The van der Waals surface area contributed by atoms with Crippen LogP contribution in [0.5, 0.6) is 0 Å². The van der Waals surface area contributed by atoms with Crippen LogP contribution in [0.15, 0.2) is 29.1 Å². The number of hydrogen-bond donors (Lipinski definition) is 2. The van der Waals surface area contributed by atoms with Crippen molar-refractivity contribution in [3.63, 3.8) is 0 Å². The van der Waals surface area contributed by atoms with Crippen LogP contribution in [0.25, 0.3) is 21.9 Å². The van der Waals surface area contributed by atoms with Crippen LogP contribution in [0.4, 0.5) is 0 Å². The number of para-hydroxylation sites is 1. The molecule has 2 heterocycles. The molecular formula is C15H15N3O3. The molecule has 0 atom stereocenters. The van der Waals surface area contributed by atoms with Gasteiger partial charge in [0.15, 0.2) is 5.56 Å². The van der Waals surface area contributed by atoms with Crippen molar-refractivity contribution in [1.82, 2.24) is 14.8 Å². The molecule has 0 aliphatic rings. The Balaban J connectivity index is 2.59. The molecule has 3 aromatic rings. The largest absolute Gasteiger partial charge is 0.477 e. The smallest absolute Gasteiger partial charge is 0.343 e. The average molecular weight is 285 g/mol. The Kier molecular flexibility index (Phi) is 2.66. The molecule has 0 amide bonds. The van der Waals surface area contributed by atoms with Crippen LogP contribution in [0, 0.1) is 0 Å². The Morgan fingerprint density at radius 2 is 1.95 bits per heavy atom. The van der Waals surface area contributed by atoms with E-state index < -0.39 is 17.1 Å². The lowest BCUT2D eigenvalue weighted by Crippen LogP contribution is -2.38. The topological polar surface area (TPSA) is 88.0 Å². The zero-order valence-electron chi connectivity index (χ0n) is 12.0. The summed E-state index contributed by atoms with van der Waals surface area (Å²) in [6.45, 7) is 5.44. The van der Waals surface area contributed by atoms with Gasteiger partial charge in [0.2, 0.25) is 0 Å². The minimum Gasteiger partial charge on any atom is -0.477 e. The predicted octanol–water partition coefficient (Wildman–Crippen LogP) is 2.33. The second-order valence-corrected chi connectivity index (χ2v) is 5.96. The van der Waals surface area contributed by atoms with E-state index in [1.54, 1.807) is 0 Å². The minimum absolute atomic E-state index is 0.272. The number of fused-ring (bicyclic) bond motifs is 3. The number of carboxylic acids is 1. The highest BCUT2D eigenvalue weighted by atomic mass is 16.4. The van der Waals surface area contributed by atoms with Gasteiger partial charge in [-0.05, 0) is 26.8 Å². The van der Waals surface area contributed by atoms with E-state index in [0.29, 0.717) is 5.52 Å². The van der Waals surface area contributed by atoms with Crippen LogP contribution in [0.2, 0.25) is 0 Å². The number of aromatic carboxylic acids is 1. The Hall–Kier alpha value is -2.63. The van der Waals surface area contributed by atoms with E-state index in [1.807, 2.05) is 45.0 Å². The Morgan fingerprint density at radius 1 is 1.29 bits per heavy atom. The molecule has 0 aliphatic heterocycles. The molecule has 0 fully saturated rings. The fourth-order valence-electron chi connectivity index (χ4n) is 2.42.